The maximum absolute atomic E-state index is 12.4. The SMILES string of the molecule is CCC(C#N)N1CCN(C(=O)c2cccnc2Br)CC1. The van der Waals surface area contributed by atoms with Crippen LogP contribution in [0.1, 0.15) is 23.7 Å². The molecule has 1 unspecified atom stereocenters. The van der Waals surface area contributed by atoms with Gasteiger partial charge in [0.25, 0.3) is 5.91 Å². The van der Waals surface area contributed by atoms with Crippen LogP contribution in [0.25, 0.3) is 0 Å². The van der Waals surface area contributed by atoms with Gasteiger partial charge in [-0.2, -0.15) is 5.26 Å². The fourth-order valence-corrected chi connectivity index (χ4v) is 2.80. The molecule has 1 saturated heterocycles. The van der Waals surface area contributed by atoms with Crippen LogP contribution >= 0.6 is 15.9 Å². The van der Waals surface area contributed by atoms with Crippen LogP contribution in [-0.4, -0.2) is 52.9 Å². The lowest BCUT2D eigenvalue weighted by Gasteiger charge is -2.36. The summed E-state index contributed by atoms with van der Waals surface area (Å²) < 4.78 is 0.580. The second kappa shape index (κ2) is 6.82. The van der Waals surface area contributed by atoms with E-state index in [1.165, 1.54) is 0 Å². The molecular weight excluding hydrogens is 320 g/mol. The highest BCUT2D eigenvalue weighted by molar-refractivity contribution is 9.10. The fraction of sp³-hybridized carbons (Fsp3) is 0.500. The molecule has 20 heavy (non-hydrogen) atoms. The molecule has 0 saturated carbocycles. The van der Waals surface area contributed by atoms with Crippen LogP contribution in [0.2, 0.25) is 0 Å². The number of hydrogen-bond donors (Lipinski definition) is 0. The summed E-state index contributed by atoms with van der Waals surface area (Å²) in [6.45, 7) is 4.81. The Morgan fingerprint density at radius 1 is 1.50 bits per heavy atom. The number of nitrogens with zero attached hydrogens (tertiary/aromatic N) is 4. The first-order chi connectivity index (χ1) is 9.67. The molecule has 0 spiro atoms. The Morgan fingerprint density at radius 2 is 2.20 bits per heavy atom. The first-order valence-electron chi connectivity index (χ1n) is 6.70. The predicted molar refractivity (Wildman–Crippen MR) is 79.1 cm³/mol. The summed E-state index contributed by atoms with van der Waals surface area (Å²) in [6, 6.07) is 5.80. The minimum Gasteiger partial charge on any atom is -0.336 e. The molecule has 1 aromatic rings. The predicted octanol–water partition coefficient (Wildman–Crippen LogP) is 1.90. The molecule has 6 heteroatoms. The van der Waals surface area contributed by atoms with Crippen molar-refractivity contribution >= 4 is 21.8 Å². The standard InChI is InChI=1S/C14H17BrN4O/c1-2-11(10-16)18-6-8-19(9-7-18)14(20)12-4-3-5-17-13(12)15/h3-5,11H,2,6-9H2,1H3. The number of carbonyl (C=O) groups excluding carboxylic acids is 1. The second-order valence-corrected chi connectivity index (χ2v) is 5.47. The van der Waals surface area contributed by atoms with Crippen LogP contribution in [0.15, 0.2) is 22.9 Å². The molecule has 0 bridgehead atoms. The van der Waals surface area contributed by atoms with Crippen LogP contribution in [0.4, 0.5) is 0 Å². The van der Waals surface area contributed by atoms with Gasteiger partial charge in [-0.15, -0.1) is 0 Å². The lowest BCUT2D eigenvalue weighted by Crippen LogP contribution is -2.51. The van der Waals surface area contributed by atoms with Gasteiger partial charge in [0, 0.05) is 32.4 Å². The Kier molecular flexibility index (Phi) is 5.10. The molecule has 2 rings (SSSR count). The molecule has 0 aromatic carbocycles. The summed E-state index contributed by atoms with van der Waals surface area (Å²) >= 11 is 3.31. The molecule has 5 nitrogen and oxygen atoms in total. The quantitative estimate of drug-likeness (QED) is 0.791. The summed E-state index contributed by atoms with van der Waals surface area (Å²) in [5, 5.41) is 9.08. The van der Waals surface area contributed by atoms with Crippen molar-refractivity contribution < 1.29 is 4.79 Å². The smallest absolute Gasteiger partial charge is 0.256 e. The highest BCUT2D eigenvalue weighted by Crippen LogP contribution is 2.17. The number of pyridine rings is 1. The average molecular weight is 337 g/mol. The van der Waals surface area contributed by atoms with Crippen molar-refractivity contribution in [3.8, 4) is 6.07 Å². The lowest BCUT2D eigenvalue weighted by atomic mass is 10.1. The first kappa shape index (κ1) is 14.9. The zero-order valence-corrected chi connectivity index (χ0v) is 13.0. The highest BCUT2D eigenvalue weighted by Gasteiger charge is 2.26. The number of halogens is 1. The number of piperazine rings is 1. The lowest BCUT2D eigenvalue weighted by molar-refractivity contribution is 0.0603. The van der Waals surface area contributed by atoms with Gasteiger partial charge in [-0.05, 0) is 34.5 Å². The number of hydrogen-bond acceptors (Lipinski definition) is 4. The number of amides is 1. The minimum atomic E-state index is -0.0441. The maximum Gasteiger partial charge on any atom is 0.256 e. The van der Waals surface area contributed by atoms with Gasteiger partial charge in [0.15, 0.2) is 0 Å². The van der Waals surface area contributed by atoms with Gasteiger partial charge in [0.1, 0.15) is 4.60 Å². The molecular formula is C14H17BrN4O. The number of rotatable bonds is 3. The van der Waals surface area contributed by atoms with Crippen molar-refractivity contribution in [1.29, 1.82) is 5.26 Å². The van der Waals surface area contributed by atoms with Gasteiger partial charge in [-0.1, -0.05) is 6.92 Å². The fourth-order valence-electron chi connectivity index (χ4n) is 2.38. The normalized spacial score (nSPS) is 17.6. The summed E-state index contributed by atoms with van der Waals surface area (Å²) in [7, 11) is 0. The van der Waals surface area contributed by atoms with Crippen LogP contribution < -0.4 is 0 Å². The van der Waals surface area contributed by atoms with E-state index in [0.717, 1.165) is 19.5 Å². The molecule has 1 aliphatic heterocycles. The van der Waals surface area contributed by atoms with E-state index in [-0.39, 0.29) is 11.9 Å². The van der Waals surface area contributed by atoms with E-state index in [4.69, 9.17) is 5.26 Å². The van der Waals surface area contributed by atoms with Crippen LogP contribution in [0.5, 0.6) is 0 Å². The van der Waals surface area contributed by atoms with Gasteiger partial charge in [0.05, 0.1) is 17.7 Å². The molecule has 1 atom stereocenters. The third-order valence-corrected chi connectivity index (χ3v) is 4.20. The molecule has 1 fully saturated rings. The Labute approximate surface area is 127 Å². The number of carbonyl (C=O) groups is 1. The third kappa shape index (κ3) is 3.17. The molecule has 106 valence electrons. The van der Waals surface area contributed by atoms with Gasteiger partial charge in [0.2, 0.25) is 0 Å². The Balaban J connectivity index is 1.99. The van der Waals surface area contributed by atoms with Crippen molar-refractivity contribution in [2.24, 2.45) is 0 Å². The van der Waals surface area contributed by atoms with E-state index >= 15 is 0 Å². The van der Waals surface area contributed by atoms with E-state index in [1.54, 1.807) is 18.3 Å². The van der Waals surface area contributed by atoms with Crippen molar-refractivity contribution in [3.05, 3.63) is 28.5 Å². The van der Waals surface area contributed by atoms with E-state index in [2.05, 4.69) is 31.9 Å². The van der Waals surface area contributed by atoms with Gasteiger partial charge in [-0.3, -0.25) is 9.69 Å². The molecule has 0 radical (unpaired) electrons. The van der Waals surface area contributed by atoms with Crippen molar-refractivity contribution in [2.45, 2.75) is 19.4 Å². The molecule has 2 heterocycles. The summed E-state index contributed by atoms with van der Waals surface area (Å²) in [5.41, 5.74) is 0.591. The first-order valence-corrected chi connectivity index (χ1v) is 7.50. The summed E-state index contributed by atoms with van der Waals surface area (Å²) in [4.78, 5) is 20.5. The zero-order valence-electron chi connectivity index (χ0n) is 11.4. The van der Waals surface area contributed by atoms with Crippen LogP contribution in [-0.2, 0) is 0 Å². The van der Waals surface area contributed by atoms with Gasteiger partial charge < -0.3 is 4.90 Å². The Hall–Kier alpha value is -1.45. The maximum atomic E-state index is 12.4. The number of aromatic nitrogens is 1. The highest BCUT2D eigenvalue weighted by atomic mass is 79.9. The van der Waals surface area contributed by atoms with E-state index in [1.807, 2.05) is 11.8 Å². The second-order valence-electron chi connectivity index (χ2n) is 4.72. The minimum absolute atomic E-state index is 0.00497. The van der Waals surface area contributed by atoms with Crippen LogP contribution in [0.3, 0.4) is 0 Å². The average Bonchev–Trinajstić information content (AvgIpc) is 2.49. The summed E-state index contributed by atoms with van der Waals surface area (Å²) in [6.07, 6.45) is 2.47. The summed E-state index contributed by atoms with van der Waals surface area (Å²) in [5.74, 6) is -0.00497. The van der Waals surface area contributed by atoms with E-state index in [9.17, 15) is 4.79 Å². The monoisotopic (exact) mass is 336 g/mol. The molecule has 1 aliphatic rings. The zero-order chi connectivity index (χ0) is 14.5. The van der Waals surface area contributed by atoms with E-state index < -0.39 is 0 Å². The number of nitriles is 1. The molecule has 0 N–H and O–H groups in total. The molecule has 1 aromatic heterocycles. The van der Waals surface area contributed by atoms with Gasteiger partial charge >= 0.3 is 0 Å². The molecule has 1 amide bonds. The largest absolute Gasteiger partial charge is 0.336 e. The Bertz CT molecular complexity index is 520. The van der Waals surface area contributed by atoms with Crippen LogP contribution in [0, 0.1) is 11.3 Å². The third-order valence-electron chi connectivity index (χ3n) is 3.57. The molecule has 0 aliphatic carbocycles. The van der Waals surface area contributed by atoms with Crippen molar-refractivity contribution in [1.82, 2.24) is 14.8 Å². The van der Waals surface area contributed by atoms with E-state index in [0.29, 0.717) is 23.3 Å². The van der Waals surface area contributed by atoms with Crippen molar-refractivity contribution in [3.63, 3.8) is 0 Å². The van der Waals surface area contributed by atoms with Gasteiger partial charge in [-0.25, -0.2) is 4.98 Å². The Morgan fingerprint density at radius 3 is 2.75 bits per heavy atom. The van der Waals surface area contributed by atoms with Crippen molar-refractivity contribution in [2.75, 3.05) is 26.2 Å². The topological polar surface area (TPSA) is 60.2 Å².